The van der Waals surface area contributed by atoms with Gasteiger partial charge in [0.15, 0.2) is 0 Å². The SMILES string of the molecule is O=C1C(=O)N(CN2CCc3ccccc3C2)c2cc(F)ccc21. The summed E-state index contributed by atoms with van der Waals surface area (Å²) in [5.41, 5.74) is 3.21. The number of hydrogen-bond donors (Lipinski definition) is 0. The highest BCUT2D eigenvalue weighted by molar-refractivity contribution is 6.52. The average molecular weight is 310 g/mol. The Balaban J connectivity index is 1.60. The third kappa shape index (κ3) is 2.33. The lowest BCUT2D eigenvalue weighted by atomic mass is 10.0. The van der Waals surface area contributed by atoms with Crippen molar-refractivity contribution < 1.29 is 14.0 Å². The molecule has 1 amide bonds. The lowest BCUT2D eigenvalue weighted by molar-refractivity contribution is -0.114. The summed E-state index contributed by atoms with van der Waals surface area (Å²) in [7, 11) is 0. The van der Waals surface area contributed by atoms with Crippen molar-refractivity contribution in [3.8, 4) is 0 Å². The van der Waals surface area contributed by atoms with E-state index in [1.165, 1.54) is 34.2 Å². The van der Waals surface area contributed by atoms with Gasteiger partial charge in [0.1, 0.15) is 5.82 Å². The van der Waals surface area contributed by atoms with Gasteiger partial charge in [0.05, 0.1) is 17.9 Å². The number of anilines is 1. The van der Waals surface area contributed by atoms with Crippen molar-refractivity contribution in [3.63, 3.8) is 0 Å². The third-order valence-electron chi connectivity index (χ3n) is 4.49. The van der Waals surface area contributed by atoms with Crippen LogP contribution < -0.4 is 4.90 Å². The lowest BCUT2D eigenvalue weighted by Crippen LogP contribution is -2.43. The van der Waals surface area contributed by atoms with Crippen LogP contribution in [-0.2, 0) is 17.8 Å². The Bertz CT molecular complexity index is 818. The molecular weight excluding hydrogens is 295 g/mol. The van der Waals surface area contributed by atoms with Crippen LogP contribution in [0.25, 0.3) is 0 Å². The summed E-state index contributed by atoms with van der Waals surface area (Å²) in [4.78, 5) is 27.7. The van der Waals surface area contributed by atoms with Crippen LogP contribution in [0.3, 0.4) is 0 Å². The minimum absolute atomic E-state index is 0.286. The van der Waals surface area contributed by atoms with Crippen LogP contribution in [0.2, 0.25) is 0 Å². The van der Waals surface area contributed by atoms with Gasteiger partial charge < -0.3 is 0 Å². The number of rotatable bonds is 2. The van der Waals surface area contributed by atoms with Crippen LogP contribution >= 0.6 is 0 Å². The zero-order valence-corrected chi connectivity index (χ0v) is 12.5. The molecule has 4 nitrogen and oxygen atoms in total. The van der Waals surface area contributed by atoms with E-state index in [4.69, 9.17) is 0 Å². The van der Waals surface area contributed by atoms with Crippen LogP contribution in [0.4, 0.5) is 10.1 Å². The van der Waals surface area contributed by atoms with Crippen molar-refractivity contribution in [1.29, 1.82) is 0 Å². The molecule has 2 heterocycles. The van der Waals surface area contributed by atoms with Gasteiger partial charge in [0.2, 0.25) is 0 Å². The van der Waals surface area contributed by atoms with E-state index in [1.54, 1.807) is 0 Å². The van der Waals surface area contributed by atoms with Crippen molar-refractivity contribution >= 4 is 17.4 Å². The molecular formula is C18H15FN2O2. The molecule has 0 aromatic heterocycles. The maximum absolute atomic E-state index is 13.5. The van der Waals surface area contributed by atoms with Gasteiger partial charge >= 0.3 is 5.91 Å². The summed E-state index contributed by atoms with van der Waals surface area (Å²) in [6.07, 6.45) is 0.905. The molecule has 0 saturated heterocycles. The van der Waals surface area contributed by atoms with Gasteiger partial charge in [-0.2, -0.15) is 0 Å². The fourth-order valence-electron chi connectivity index (χ4n) is 3.28. The summed E-state index contributed by atoms with van der Waals surface area (Å²) < 4.78 is 13.5. The summed E-state index contributed by atoms with van der Waals surface area (Å²) in [6.45, 7) is 1.83. The topological polar surface area (TPSA) is 40.6 Å². The summed E-state index contributed by atoms with van der Waals surface area (Å²) in [5.74, 6) is -1.58. The van der Waals surface area contributed by atoms with E-state index >= 15 is 0 Å². The van der Waals surface area contributed by atoms with Crippen molar-refractivity contribution in [2.45, 2.75) is 13.0 Å². The molecule has 0 radical (unpaired) electrons. The molecule has 0 atom stereocenters. The summed E-state index contributed by atoms with van der Waals surface area (Å²) >= 11 is 0. The molecule has 2 aromatic rings. The van der Waals surface area contributed by atoms with Crippen LogP contribution in [0.1, 0.15) is 21.5 Å². The zero-order chi connectivity index (χ0) is 16.0. The predicted molar refractivity (Wildman–Crippen MR) is 83.6 cm³/mol. The maximum Gasteiger partial charge on any atom is 0.300 e. The van der Waals surface area contributed by atoms with E-state index in [0.29, 0.717) is 12.4 Å². The largest absolute Gasteiger partial charge is 0.300 e. The van der Waals surface area contributed by atoms with Gasteiger partial charge in [0.25, 0.3) is 5.78 Å². The Kier molecular flexibility index (Phi) is 3.23. The molecule has 2 aromatic carbocycles. The number of benzene rings is 2. The van der Waals surface area contributed by atoms with E-state index in [1.807, 2.05) is 12.1 Å². The molecule has 0 unspecified atom stereocenters. The van der Waals surface area contributed by atoms with Gasteiger partial charge in [-0.15, -0.1) is 0 Å². The first kappa shape index (κ1) is 14.1. The second-order valence-electron chi connectivity index (χ2n) is 5.94. The molecule has 2 aliphatic rings. The smallest absolute Gasteiger partial charge is 0.291 e. The van der Waals surface area contributed by atoms with Gasteiger partial charge in [-0.25, -0.2) is 4.39 Å². The highest BCUT2D eigenvalue weighted by Crippen LogP contribution is 2.30. The minimum Gasteiger partial charge on any atom is -0.291 e. The van der Waals surface area contributed by atoms with Gasteiger partial charge in [0, 0.05) is 13.1 Å². The Hall–Kier alpha value is -2.53. The van der Waals surface area contributed by atoms with E-state index in [9.17, 15) is 14.0 Å². The van der Waals surface area contributed by atoms with E-state index in [0.717, 1.165) is 19.5 Å². The van der Waals surface area contributed by atoms with E-state index < -0.39 is 17.5 Å². The Morgan fingerprint density at radius 1 is 1.04 bits per heavy atom. The zero-order valence-electron chi connectivity index (χ0n) is 12.5. The van der Waals surface area contributed by atoms with E-state index in [-0.39, 0.29) is 5.56 Å². The monoisotopic (exact) mass is 310 g/mol. The van der Waals surface area contributed by atoms with Gasteiger partial charge in [-0.05, 0) is 35.7 Å². The molecule has 0 fully saturated rings. The van der Waals surface area contributed by atoms with E-state index in [2.05, 4.69) is 17.0 Å². The van der Waals surface area contributed by atoms with Crippen LogP contribution in [0.5, 0.6) is 0 Å². The molecule has 0 bridgehead atoms. The fourth-order valence-corrected chi connectivity index (χ4v) is 3.28. The van der Waals surface area contributed by atoms with Crippen molar-refractivity contribution in [2.75, 3.05) is 18.1 Å². The number of nitrogens with zero attached hydrogens (tertiary/aromatic N) is 2. The summed E-state index contributed by atoms with van der Waals surface area (Å²) in [6, 6.07) is 12.1. The van der Waals surface area contributed by atoms with Crippen LogP contribution in [0.15, 0.2) is 42.5 Å². The van der Waals surface area contributed by atoms with Crippen LogP contribution in [-0.4, -0.2) is 29.8 Å². The molecule has 0 N–H and O–H groups in total. The lowest BCUT2D eigenvalue weighted by Gasteiger charge is -2.32. The van der Waals surface area contributed by atoms with Crippen LogP contribution in [0, 0.1) is 5.82 Å². The van der Waals surface area contributed by atoms with Crippen molar-refractivity contribution in [1.82, 2.24) is 4.90 Å². The number of fused-ring (bicyclic) bond motifs is 2. The molecule has 0 saturated carbocycles. The number of amides is 1. The molecule has 23 heavy (non-hydrogen) atoms. The highest BCUT2D eigenvalue weighted by atomic mass is 19.1. The Morgan fingerprint density at radius 2 is 1.83 bits per heavy atom. The Labute approximate surface area is 133 Å². The van der Waals surface area contributed by atoms with Crippen molar-refractivity contribution in [2.24, 2.45) is 0 Å². The average Bonchev–Trinajstić information content (AvgIpc) is 2.79. The quantitative estimate of drug-likeness (QED) is 0.800. The highest BCUT2D eigenvalue weighted by Gasteiger charge is 2.37. The predicted octanol–water partition coefficient (Wildman–Crippen LogP) is 2.37. The first-order valence-corrected chi connectivity index (χ1v) is 7.58. The number of ketones is 1. The van der Waals surface area contributed by atoms with Crippen molar-refractivity contribution in [3.05, 3.63) is 65.0 Å². The number of Topliss-reactive ketones (excluding diaryl/α,β-unsaturated/α-hetero) is 1. The molecule has 4 rings (SSSR count). The molecule has 5 heteroatoms. The van der Waals surface area contributed by atoms with Gasteiger partial charge in [-0.3, -0.25) is 19.4 Å². The molecule has 2 aliphatic heterocycles. The second-order valence-corrected chi connectivity index (χ2v) is 5.94. The standard InChI is InChI=1S/C18H15FN2O2/c19-14-5-6-15-16(9-14)21(18(23)17(15)22)11-20-8-7-12-3-1-2-4-13(12)10-20/h1-6,9H,7-8,10-11H2. The van der Waals surface area contributed by atoms with Gasteiger partial charge in [-0.1, -0.05) is 24.3 Å². The fraction of sp³-hybridized carbons (Fsp3) is 0.222. The first-order valence-electron chi connectivity index (χ1n) is 7.58. The minimum atomic E-state index is -0.579. The number of hydrogen-bond acceptors (Lipinski definition) is 3. The molecule has 116 valence electrons. The molecule has 0 spiro atoms. The number of halogens is 1. The maximum atomic E-state index is 13.5. The number of carbonyl (C=O) groups is 2. The number of carbonyl (C=O) groups excluding carboxylic acids is 2. The first-order chi connectivity index (χ1) is 11.1. The Morgan fingerprint density at radius 3 is 2.65 bits per heavy atom. The summed E-state index contributed by atoms with van der Waals surface area (Å²) in [5, 5.41) is 0. The molecule has 0 aliphatic carbocycles. The normalized spacial score (nSPS) is 17.3. The third-order valence-corrected chi connectivity index (χ3v) is 4.49. The second kappa shape index (κ2) is 5.28.